The predicted octanol–water partition coefficient (Wildman–Crippen LogP) is 3.64. The second-order valence-electron chi connectivity index (χ2n) is 4.12. The Labute approximate surface area is 90.5 Å². The largest absolute Gasteiger partial charge is 0.384 e. The van der Waals surface area contributed by atoms with E-state index >= 15 is 0 Å². The van der Waals surface area contributed by atoms with Gasteiger partial charge < -0.3 is 5.32 Å². The maximum atomic E-state index is 6.05. The molecule has 0 amide bonds. The monoisotopic (exact) mass is 209 g/mol. The zero-order chi connectivity index (χ0) is 10.1. The first kappa shape index (κ1) is 9.85. The van der Waals surface area contributed by atoms with Crippen molar-refractivity contribution in [3.63, 3.8) is 0 Å². The molecule has 1 heterocycles. The highest BCUT2D eigenvalue weighted by molar-refractivity contribution is 6.30. The van der Waals surface area contributed by atoms with E-state index in [1.54, 1.807) is 0 Å². The second kappa shape index (κ2) is 3.82. The lowest BCUT2D eigenvalue weighted by atomic mass is 9.90. The predicted molar refractivity (Wildman–Crippen MR) is 62.2 cm³/mol. The van der Waals surface area contributed by atoms with Crippen LogP contribution in [0.2, 0.25) is 5.02 Å². The van der Waals surface area contributed by atoms with Gasteiger partial charge in [0.15, 0.2) is 0 Å². The van der Waals surface area contributed by atoms with Gasteiger partial charge in [0.25, 0.3) is 0 Å². The van der Waals surface area contributed by atoms with E-state index in [9.17, 15) is 0 Å². The van der Waals surface area contributed by atoms with Gasteiger partial charge in [-0.2, -0.15) is 0 Å². The molecule has 1 aliphatic rings. The Morgan fingerprint density at radius 2 is 2.29 bits per heavy atom. The number of halogens is 1. The Morgan fingerprint density at radius 1 is 1.50 bits per heavy atom. The van der Waals surface area contributed by atoms with Crippen molar-refractivity contribution in [3.8, 4) is 0 Å². The van der Waals surface area contributed by atoms with Gasteiger partial charge in [-0.25, -0.2) is 0 Å². The smallest absolute Gasteiger partial charge is 0.0412 e. The van der Waals surface area contributed by atoms with Crippen LogP contribution in [0.5, 0.6) is 0 Å². The maximum absolute atomic E-state index is 6.05. The lowest BCUT2D eigenvalue weighted by molar-refractivity contribution is 0.520. The normalized spacial score (nSPS) is 20.1. The van der Waals surface area contributed by atoms with Crippen molar-refractivity contribution in [2.45, 2.75) is 26.7 Å². The third-order valence-corrected chi connectivity index (χ3v) is 3.25. The number of nitrogens with one attached hydrogen (secondary N) is 1. The molecular formula is C12H16ClN. The minimum absolute atomic E-state index is 0.764. The molecule has 0 aromatic heterocycles. The van der Waals surface area contributed by atoms with Gasteiger partial charge in [0, 0.05) is 17.3 Å². The summed E-state index contributed by atoms with van der Waals surface area (Å²) in [6.07, 6.45) is 2.40. The highest BCUT2D eigenvalue weighted by atomic mass is 35.5. The van der Waals surface area contributed by atoms with Gasteiger partial charge in [0.05, 0.1) is 0 Å². The number of aryl methyl sites for hydroxylation is 1. The molecule has 0 saturated carbocycles. The molecule has 1 nitrogen and oxygen atoms in total. The molecule has 0 bridgehead atoms. The summed E-state index contributed by atoms with van der Waals surface area (Å²) in [7, 11) is 0. The first-order chi connectivity index (χ1) is 6.70. The number of fused-ring (bicyclic) bond motifs is 1. The fourth-order valence-corrected chi connectivity index (χ4v) is 2.44. The Bertz CT molecular complexity index is 346. The summed E-state index contributed by atoms with van der Waals surface area (Å²) in [4.78, 5) is 0. The number of benzene rings is 1. The average molecular weight is 210 g/mol. The van der Waals surface area contributed by atoms with Crippen LogP contribution in [-0.4, -0.2) is 6.54 Å². The van der Waals surface area contributed by atoms with Gasteiger partial charge in [-0.3, -0.25) is 0 Å². The molecule has 0 spiro atoms. The van der Waals surface area contributed by atoms with Crippen LogP contribution in [0.15, 0.2) is 12.1 Å². The summed E-state index contributed by atoms with van der Waals surface area (Å²) >= 11 is 6.05. The number of rotatable bonds is 1. The molecule has 0 saturated heterocycles. The van der Waals surface area contributed by atoms with Crippen LogP contribution < -0.4 is 5.32 Å². The number of hydrogen-bond acceptors (Lipinski definition) is 1. The Hall–Kier alpha value is -0.690. The molecule has 76 valence electrons. The molecule has 0 radical (unpaired) electrons. The highest BCUT2D eigenvalue weighted by Crippen LogP contribution is 2.31. The summed E-state index contributed by atoms with van der Waals surface area (Å²) < 4.78 is 0. The van der Waals surface area contributed by atoms with Crippen LogP contribution >= 0.6 is 11.6 Å². The van der Waals surface area contributed by atoms with Gasteiger partial charge >= 0.3 is 0 Å². The van der Waals surface area contributed by atoms with Crippen molar-refractivity contribution in [2.75, 3.05) is 11.9 Å². The van der Waals surface area contributed by atoms with Crippen molar-refractivity contribution >= 4 is 17.3 Å². The molecule has 1 aromatic rings. The van der Waals surface area contributed by atoms with Gasteiger partial charge in [-0.05, 0) is 42.5 Å². The van der Waals surface area contributed by atoms with Gasteiger partial charge in [0.1, 0.15) is 0 Å². The van der Waals surface area contributed by atoms with E-state index in [2.05, 4.69) is 25.2 Å². The van der Waals surface area contributed by atoms with Crippen LogP contribution in [0.3, 0.4) is 0 Å². The maximum Gasteiger partial charge on any atom is 0.0412 e. The van der Waals surface area contributed by atoms with Crippen LogP contribution in [0.4, 0.5) is 5.69 Å². The fraction of sp³-hybridized carbons (Fsp3) is 0.500. The van der Waals surface area contributed by atoms with Crippen molar-refractivity contribution in [3.05, 3.63) is 28.3 Å². The van der Waals surface area contributed by atoms with Crippen LogP contribution in [0.25, 0.3) is 0 Å². The molecule has 0 fully saturated rings. The van der Waals surface area contributed by atoms with Crippen molar-refractivity contribution in [1.29, 1.82) is 0 Å². The topological polar surface area (TPSA) is 12.0 Å². The van der Waals surface area contributed by atoms with Crippen LogP contribution in [-0.2, 0) is 6.42 Å². The summed E-state index contributed by atoms with van der Waals surface area (Å²) in [5.74, 6) is 0.764. The zero-order valence-electron chi connectivity index (χ0n) is 8.73. The molecule has 0 aliphatic carbocycles. The van der Waals surface area contributed by atoms with Crippen molar-refractivity contribution in [1.82, 2.24) is 0 Å². The first-order valence-electron chi connectivity index (χ1n) is 5.23. The number of hydrogen-bond donors (Lipinski definition) is 1. The summed E-state index contributed by atoms with van der Waals surface area (Å²) in [6.45, 7) is 5.46. The van der Waals surface area contributed by atoms with Gasteiger partial charge in [-0.15, -0.1) is 0 Å². The highest BCUT2D eigenvalue weighted by Gasteiger charge is 2.18. The van der Waals surface area contributed by atoms with E-state index in [4.69, 9.17) is 11.6 Å². The third-order valence-electron chi connectivity index (χ3n) is 3.04. The molecule has 2 heteroatoms. The third kappa shape index (κ3) is 1.74. The lowest BCUT2D eigenvalue weighted by Gasteiger charge is -2.26. The van der Waals surface area contributed by atoms with Crippen LogP contribution in [0.1, 0.15) is 24.5 Å². The molecular weight excluding hydrogens is 194 g/mol. The molecule has 1 aliphatic heterocycles. The summed E-state index contributed by atoms with van der Waals surface area (Å²) in [5.41, 5.74) is 3.95. The average Bonchev–Trinajstić information content (AvgIpc) is 2.16. The van der Waals surface area contributed by atoms with E-state index in [-0.39, 0.29) is 0 Å². The van der Waals surface area contributed by atoms with E-state index in [0.717, 1.165) is 17.5 Å². The number of anilines is 1. The second-order valence-corrected chi connectivity index (χ2v) is 4.55. The molecule has 14 heavy (non-hydrogen) atoms. The van der Waals surface area contributed by atoms with E-state index in [0.29, 0.717) is 0 Å². The Morgan fingerprint density at radius 3 is 3.00 bits per heavy atom. The SMILES string of the molecule is CCC1CNc2c(C)cc(Cl)cc2C1. The van der Waals surface area contributed by atoms with Gasteiger partial charge in [0.2, 0.25) is 0 Å². The van der Waals surface area contributed by atoms with Gasteiger partial charge in [-0.1, -0.05) is 24.9 Å². The zero-order valence-corrected chi connectivity index (χ0v) is 9.49. The first-order valence-corrected chi connectivity index (χ1v) is 5.61. The van der Waals surface area contributed by atoms with E-state index in [1.165, 1.54) is 29.7 Å². The minimum atomic E-state index is 0.764. The van der Waals surface area contributed by atoms with Crippen molar-refractivity contribution < 1.29 is 0 Å². The summed E-state index contributed by atoms with van der Waals surface area (Å²) in [6, 6.07) is 4.12. The molecule has 1 aromatic carbocycles. The lowest BCUT2D eigenvalue weighted by Crippen LogP contribution is -2.23. The van der Waals surface area contributed by atoms with E-state index in [1.807, 2.05) is 6.07 Å². The standard InChI is InChI=1S/C12H16ClN/c1-3-9-5-10-6-11(13)4-8(2)12(10)14-7-9/h4,6,9,14H,3,5,7H2,1-2H3. The minimum Gasteiger partial charge on any atom is -0.384 e. The molecule has 1 unspecified atom stereocenters. The Balaban J connectivity index is 2.37. The van der Waals surface area contributed by atoms with Crippen molar-refractivity contribution in [2.24, 2.45) is 5.92 Å². The Kier molecular flexibility index (Phi) is 2.69. The quantitative estimate of drug-likeness (QED) is 0.745. The molecule has 1 atom stereocenters. The fourth-order valence-electron chi connectivity index (χ4n) is 2.14. The molecule has 2 rings (SSSR count). The van der Waals surface area contributed by atoms with Crippen LogP contribution in [0, 0.1) is 12.8 Å². The van der Waals surface area contributed by atoms with E-state index < -0.39 is 0 Å². The summed E-state index contributed by atoms with van der Waals surface area (Å²) in [5, 5.41) is 4.36. The molecule has 1 N–H and O–H groups in total.